The molecule has 2 aromatic carbocycles. The molecule has 0 aromatic heterocycles. The Kier molecular flexibility index (Phi) is 2.68. The van der Waals surface area contributed by atoms with Gasteiger partial charge in [-0.25, -0.2) is 0 Å². The van der Waals surface area contributed by atoms with Crippen molar-refractivity contribution in [1.29, 1.82) is 0 Å². The Labute approximate surface area is 98.6 Å². The molecule has 0 saturated carbocycles. The van der Waals surface area contributed by atoms with E-state index >= 15 is 0 Å². The first kappa shape index (κ1) is 11.7. The first-order chi connectivity index (χ1) is 7.91. The van der Waals surface area contributed by atoms with E-state index in [4.69, 9.17) is 15.0 Å². The van der Waals surface area contributed by atoms with Crippen molar-refractivity contribution in [2.24, 2.45) is 0 Å². The maximum Gasteiger partial charge on any atom is 0.294 e. The van der Waals surface area contributed by atoms with E-state index < -0.39 is 10.1 Å². The van der Waals surface area contributed by atoms with Gasteiger partial charge in [-0.2, -0.15) is 8.42 Å². The zero-order valence-electron chi connectivity index (χ0n) is 9.04. The van der Waals surface area contributed by atoms with Crippen LogP contribution in [0.15, 0.2) is 35.2 Å². The van der Waals surface area contributed by atoms with Crippen molar-refractivity contribution in [2.45, 2.75) is 4.90 Å². The normalized spacial score (nSPS) is 11.6. The van der Waals surface area contributed by atoms with Crippen LogP contribution < -0.4 is 10.5 Å². The molecule has 17 heavy (non-hydrogen) atoms. The molecule has 0 radical (unpaired) electrons. The Balaban J connectivity index is 2.84. The maximum absolute atomic E-state index is 11.1. The standard InChI is InChI=1S/C11H11NO4S/c1-16-11-6-9(17(13,14)15)4-7-2-3-8(12)5-10(7)11/h2-6H,12H2,1H3,(H,13,14,15). The molecule has 2 rings (SSSR count). The van der Waals surface area contributed by atoms with Gasteiger partial charge in [-0.15, -0.1) is 0 Å². The second kappa shape index (κ2) is 3.90. The van der Waals surface area contributed by atoms with Crippen molar-refractivity contribution in [2.75, 3.05) is 12.8 Å². The lowest BCUT2D eigenvalue weighted by Gasteiger charge is -2.08. The monoisotopic (exact) mass is 253 g/mol. The molecule has 0 aliphatic rings. The van der Waals surface area contributed by atoms with Crippen LogP contribution in [-0.2, 0) is 10.1 Å². The summed E-state index contributed by atoms with van der Waals surface area (Å²) < 4.78 is 36.3. The van der Waals surface area contributed by atoms with Gasteiger partial charge in [0.25, 0.3) is 10.1 Å². The number of hydrogen-bond donors (Lipinski definition) is 2. The van der Waals surface area contributed by atoms with Crippen LogP contribution >= 0.6 is 0 Å². The summed E-state index contributed by atoms with van der Waals surface area (Å²) in [6, 6.07) is 7.63. The van der Waals surface area contributed by atoms with Crippen molar-refractivity contribution in [1.82, 2.24) is 0 Å². The third kappa shape index (κ3) is 2.17. The molecule has 0 atom stereocenters. The summed E-state index contributed by atoms with van der Waals surface area (Å²) in [4.78, 5) is -0.202. The number of hydrogen-bond acceptors (Lipinski definition) is 4. The highest BCUT2D eigenvalue weighted by atomic mass is 32.2. The fourth-order valence-corrected chi connectivity index (χ4v) is 2.16. The van der Waals surface area contributed by atoms with Gasteiger partial charge >= 0.3 is 0 Å². The Morgan fingerprint density at radius 3 is 2.53 bits per heavy atom. The van der Waals surface area contributed by atoms with Gasteiger partial charge in [0.1, 0.15) is 5.75 Å². The van der Waals surface area contributed by atoms with E-state index in [1.54, 1.807) is 18.2 Å². The van der Waals surface area contributed by atoms with E-state index in [9.17, 15) is 8.42 Å². The summed E-state index contributed by atoms with van der Waals surface area (Å²) in [5.74, 6) is 0.349. The summed E-state index contributed by atoms with van der Waals surface area (Å²) in [5.41, 5.74) is 6.20. The minimum atomic E-state index is -4.25. The molecule has 3 N–H and O–H groups in total. The average Bonchev–Trinajstić information content (AvgIpc) is 2.26. The number of rotatable bonds is 2. The number of nitrogen functional groups attached to an aromatic ring is 1. The number of benzene rings is 2. The third-order valence-corrected chi connectivity index (χ3v) is 3.26. The van der Waals surface area contributed by atoms with E-state index in [0.29, 0.717) is 22.2 Å². The lowest BCUT2D eigenvalue weighted by Crippen LogP contribution is -1.99. The number of nitrogens with two attached hydrogens (primary N) is 1. The van der Waals surface area contributed by atoms with Crippen molar-refractivity contribution < 1.29 is 17.7 Å². The van der Waals surface area contributed by atoms with Crippen LogP contribution in [0.25, 0.3) is 10.8 Å². The Morgan fingerprint density at radius 1 is 1.24 bits per heavy atom. The van der Waals surface area contributed by atoms with Gasteiger partial charge in [-0.1, -0.05) is 6.07 Å². The van der Waals surface area contributed by atoms with Gasteiger partial charge in [-0.05, 0) is 23.6 Å². The van der Waals surface area contributed by atoms with E-state index in [0.717, 1.165) is 0 Å². The second-order valence-corrected chi connectivity index (χ2v) is 5.00. The van der Waals surface area contributed by atoms with Crippen molar-refractivity contribution in [3.63, 3.8) is 0 Å². The van der Waals surface area contributed by atoms with E-state index in [2.05, 4.69) is 0 Å². The molecule has 0 fully saturated rings. The molecule has 2 aromatic rings. The van der Waals surface area contributed by atoms with Gasteiger partial charge in [0, 0.05) is 17.1 Å². The summed E-state index contributed by atoms with van der Waals surface area (Å²) in [6.45, 7) is 0. The first-order valence-corrected chi connectivity index (χ1v) is 6.20. The highest BCUT2D eigenvalue weighted by molar-refractivity contribution is 7.85. The minimum Gasteiger partial charge on any atom is -0.496 e. The Hall–Kier alpha value is -1.79. The van der Waals surface area contributed by atoms with Crippen LogP contribution in [0.3, 0.4) is 0 Å². The lowest BCUT2D eigenvalue weighted by atomic mass is 10.1. The SMILES string of the molecule is COc1cc(S(=O)(=O)O)cc2ccc(N)cc12. The van der Waals surface area contributed by atoms with Crippen LogP contribution in [0.2, 0.25) is 0 Å². The van der Waals surface area contributed by atoms with Crippen molar-refractivity contribution >= 4 is 26.6 Å². The number of fused-ring (bicyclic) bond motifs is 1. The lowest BCUT2D eigenvalue weighted by molar-refractivity contribution is 0.417. The molecule has 0 aliphatic carbocycles. The zero-order valence-corrected chi connectivity index (χ0v) is 9.86. The van der Waals surface area contributed by atoms with Gasteiger partial charge in [0.2, 0.25) is 0 Å². The smallest absolute Gasteiger partial charge is 0.294 e. The van der Waals surface area contributed by atoms with E-state index in [1.807, 2.05) is 0 Å². The molecule has 5 nitrogen and oxygen atoms in total. The third-order valence-electron chi connectivity index (χ3n) is 2.43. The molecule has 0 amide bonds. The van der Waals surface area contributed by atoms with Crippen LogP contribution in [0.1, 0.15) is 0 Å². The van der Waals surface area contributed by atoms with Crippen LogP contribution in [-0.4, -0.2) is 20.1 Å². The van der Waals surface area contributed by atoms with Crippen LogP contribution in [0.4, 0.5) is 5.69 Å². The largest absolute Gasteiger partial charge is 0.496 e. The number of methoxy groups -OCH3 is 1. The molecular weight excluding hydrogens is 242 g/mol. The van der Waals surface area contributed by atoms with Gasteiger partial charge in [0.15, 0.2) is 0 Å². The molecule has 90 valence electrons. The van der Waals surface area contributed by atoms with Gasteiger partial charge < -0.3 is 10.5 Å². The molecule has 0 unspecified atom stereocenters. The second-order valence-electron chi connectivity index (χ2n) is 3.58. The van der Waals surface area contributed by atoms with E-state index in [-0.39, 0.29) is 4.90 Å². The fraction of sp³-hybridized carbons (Fsp3) is 0.0909. The number of ether oxygens (including phenoxy) is 1. The summed E-state index contributed by atoms with van der Waals surface area (Å²) in [7, 11) is -2.83. The molecular formula is C11H11NO4S. The number of anilines is 1. The molecule has 0 heterocycles. The first-order valence-electron chi connectivity index (χ1n) is 4.76. The molecule has 0 aliphatic heterocycles. The van der Waals surface area contributed by atoms with Crippen molar-refractivity contribution in [3.8, 4) is 5.75 Å². The average molecular weight is 253 g/mol. The zero-order chi connectivity index (χ0) is 12.6. The maximum atomic E-state index is 11.1. The Bertz CT molecular complexity index is 679. The molecule has 0 bridgehead atoms. The minimum absolute atomic E-state index is 0.202. The molecule has 0 saturated heterocycles. The molecule has 0 spiro atoms. The summed E-state index contributed by atoms with van der Waals surface area (Å²) >= 11 is 0. The summed E-state index contributed by atoms with van der Waals surface area (Å²) in [5, 5.41) is 1.33. The van der Waals surface area contributed by atoms with Gasteiger partial charge in [0.05, 0.1) is 12.0 Å². The quantitative estimate of drug-likeness (QED) is 0.627. The molecule has 6 heteroatoms. The highest BCUT2D eigenvalue weighted by Gasteiger charge is 2.13. The van der Waals surface area contributed by atoms with Crippen LogP contribution in [0, 0.1) is 0 Å². The van der Waals surface area contributed by atoms with E-state index in [1.165, 1.54) is 19.2 Å². The highest BCUT2D eigenvalue weighted by Crippen LogP contribution is 2.30. The van der Waals surface area contributed by atoms with Crippen LogP contribution in [0.5, 0.6) is 5.75 Å². The fourth-order valence-electron chi connectivity index (χ4n) is 1.63. The summed E-state index contributed by atoms with van der Waals surface area (Å²) in [6.07, 6.45) is 0. The predicted octanol–water partition coefficient (Wildman–Crippen LogP) is 1.68. The topological polar surface area (TPSA) is 89.6 Å². The van der Waals surface area contributed by atoms with Crippen molar-refractivity contribution in [3.05, 3.63) is 30.3 Å². The van der Waals surface area contributed by atoms with Gasteiger partial charge in [-0.3, -0.25) is 4.55 Å². The Morgan fingerprint density at radius 2 is 1.94 bits per heavy atom. The predicted molar refractivity (Wildman–Crippen MR) is 64.7 cm³/mol.